The molecule has 2 aromatic heterocycles. The molecule has 0 unspecified atom stereocenters. The number of hydrogen-bond acceptors (Lipinski definition) is 5. The highest BCUT2D eigenvalue weighted by molar-refractivity contribution is 5.81. The quantitative estimate of drug-likeness (QED) is 0.142. The smallest absolute Gasteiger partial charge is 0.276 e. The summed E-state index contributed by atoms with van der Waals surface area (Å²) in [6, 6.07) is 16.5. The SMILES string of the molecule is NC(N)=NCCCNCc1ccc(-c2nc3cc(-c4cccc(O)c4)[nH]c3[nH]c2=O)cc1. The molecule has 0 spiro atoms. The van der Waals surface area contributed by atoms with E-state index in [9.17, 15) is 9.90 Å². The lowest BCUT2D eigenvalue weighted by atomic mass is 10.1. The molecule has 9 nitrogen and oxygen atoms in total. The maximum absolute atomic E-state index is 12.6. The van der Waals surface area contributed by atoms with Crippen LogP contribution < -0.4 is 22.3 Å². The van der Waals surface area contributed by atoms with Crippen LogP contribution in [0.1, 0.15) is 12.0 Å². The number of rotatable bonds is 8. The minimum atomic E-state index is -0.271. The third-order valence-electron chi connectivity index (χ3n) is 5.00. The van der Waals surface area contributed by atoms with Crippen LogP contribution >= 0.6 is 0 Å². The van der Waals surface area contributed by atoms with Gasteiger partial charge in [0.05, 0.1) is 0 Å². The molecule has 4 aromatic rings. The second-order valence-corrected chi connectivity index (χ2v) is 7.44. The van der Waals surface area contributed by atoms with Gasteiger partial charge >= 0.3 is 0 Å². The summed E-state index contributed by atoms with van der Waals surface area (Å²) in [5, 5.41) is 13.1. The largest absolute Gasteiger partial charge is 0.508 e. The fraction of sp³-hybridized carbons (Fsp3) is 0.174. The number of aliphatic imine (C=N–C) groups is 1. The standard InChI is InChI=1S/C23H25N7O2/c24-23(25)27-10-2-9-26-13-14-5-7-15(8-6-14)20-22(32)30-21-19(28-20)12-18(29-21)16-3-1-4-17(31)11-16/h1,3-8,11-12,26,31H,2,9-10,13H2,(H4,24,25,27)(H2,29,30,32). The van der Waals surface area contributed by atoms with E-state index in [0.29, 0.717) is 29.9 Å². The van der Waals surface area contributed by atoms with Crippen molar-refractivity contribution in [2.75, 3.05) is 13.1 Å². The van der Waals surface area contributed by atoms with Crippen molar-refractivity contribution >= 4 is 17.1 Å². The van der Waals surface area contributed by atoms with Gasteiger partial charge in [-0.2, -0.15) is 0 Å². The van der Waals surface area contributed by atoms with Crippen LogP contribution in [0.4, 0.5) is 0 Å². The summed E-state index contributed by atoms with van der Waals surface area (Å²) in [5.41, 5.74) is 15.3. The van der Waals surface area contributed by atoms with Crippen LogP contribution in [0.2, 0.25) is 0 Å². The molecule has 0 radical (unpaired) electrons. The average molecular weight is 432 g/mol. The molecule has 4 rings (SSSR count). The Morgan fingerprint density at radius 3 is 2.62 bits per heavy atom. The van der Waals surface area contributed by atoms with E-state index < -0.39 is 0 Å². The van der Waals surface area contributed by atoms with E-state index in [1.807, 2.05) is 36.4 Å². The highest BCUT2D eigenvalue weighted by Gasteiger charge is 2.11. The number of hydrogen-bond donors (Lipinski definition) is 6. The molecule has 8 N–H and O–H groups in total. The zero-order valence-electron chi connectivity index (χ0n) is 17.4. The van der Waals surface area contributed by atoms with Crippen molar-refractivity contribution in [1.82, 2.24) is 20.3 Å². The molecule has 0 atom stereocenters. The van der Waals surface area contributed by atoms with Gasteiger partial charge in [-0.25, -0.2) is 4.98 Å². The Morgan fingerprint density at radius 2 is 1.88 bits per heavy atom. The first-order valence-electron chi connectivity index (χ1n) is 10.3. The third-order valence-corrected chi connectivity index (χ3v) is 5.00. The van der Waals surface area contributed by atoms with Crippen LogP contribution in [0.25, 0.3) is 33.7 Å². The number of fused-ring (bicyclic) bond motifs is 1. The van der Waals surface area contributed by atoms with E-state index in [4.69, 9.17) is 11.5 Å². The number of nitrogens with two attached hydrogens (primary N) is 2. The van der Waals surface area contributed by atoms with Gasteiger partial charge in [0.15, 0.2) is 5.96 Å². The lowest BCUT2D eigenvalue weighted by Crippen LogP contribution is -2.23. The Hall–Kier alpha value is -4.11. The number of H-pyrrole nitrogens is 2. The van der Waals surface area contributed by atoms with E-state index in [1.165, 1.54) is 0 Å². The first kappa shape index (κ1) is 21.1. The Bertz CT molecular complexity index is 1300. The molecule has 0 fully saturated rings. The van der Waals surface area contributed by atoms with Gasteiger partial charge in [-0.05, 0) is 36.7 Å². The van der Waals surface area contributed by atoms with Gasteiger partial charge < -0.3 is 31.9 Å². The molecule has 2 heterocycles. The van der Waals surface area contributed by atoms with E-state index in [0.717, 1.165) is 35.3 Å². The second-order valence-electron chi connectivity index (χ2n) is 7.44. The van der Waals surface area contributed by atoms with Crippen LogP contribution in [0.15, 0.2) is 64.4 Å². The number of nitrogens with zero attached hydrogens (tertiary/aromatic N) is 2. The third kappa shape index (κ3) is 4.96. The molecule has 0 aliphatic heterocycles. The van der Waals surface area contributed by atoms with Gasteiger partial charge in [-0.15, -0.1) is 0 Å². The number of guanidine groups is 1. The molecule has 0 saturated heterocycles. The normalized spacial score (nSPS) is 11.0. The van der Waals surface area contributed by atoms with Crippen LogP contribution in [-0.4, -0.2) is 39.1 Å². The molecule has 164 valence electrons. The van der Waals surface area contributed by atoms with Crippen molar-refractivity contribution < 1.29 is 5.11 Å². The fourth-order valence-corrected chi connectivity index (χ4v) is 3.42. The van der Waals surface area contributed by atoms with Crippen LogP contribution in [0.5, 0.6) is 5.75 Å². The molecule has 0 aliphatic carbocycles. The first-order valence-corrected chi connectivity index (χ1v) is 10.3. The molecule has 0 aliphatic rings. The Labute approximate surface area is 184 Å². The van der Waals surface area contributed by atoms with Crippen molar-refractivity contribution in [3.63, 3.8) is 0 Å². The lowest BCUT2D eigenvalue weighted by Gasteiger charge is -2.06. The predicted octanol–water partition coefficient (Wildman–Crippen LogP) is 2.04. The number of aromatic nitrogens is 3. The van der Waals surface area contributed by atoms with Crippen molar-refractivity contribution in [2.45, 2.75) is 13.0 Å². The Morgan fingerprint density at radius 1 is 1.06 bits per heavy atom. The van der Waals surface area contributed by atoms with Gasteiger partial charge in [0, 0.05) is 29.9 Å². The van der Waals surface area contributed by atoms with E-state index >= 15 is 0 Å². The summed E-state index contributed by atoms with van der Waals surface area (Å²) in [7, 11) is 0. The molecule has 0 saturated carbocycles. The maximum Gasteiger partial charge on any atom is 0.276 e. The molecular formula is C23H25N7O2. The Kier molecular flexibility index (Phi) is 6.18. The van der Waals surface area contributed by atoms with Crippen LogP contribution in [0, 0.1) is 0 Å². The maximum atomic E-state index is 12.6. The number of aromatic hydroxyl groups is 1. The minimum absolute atomic E-state index is 0.109. The van der Waals surface area contributed by atoms with E-state index in [1.54, 1.807) is 18.2 Å². The van der Waals surface area contributed by atoms with Gasteiger partial charge in [0.25, 0.3) is 5.56 Å². The topological polar surface area (TPSA) is 158 Å². The highest BCUT2D eigenvalue weighted by atomic mass is 16.3. The summed E-state index contributed by atoms with van der Waals surface area (Å²) in [6.07, 6.45) is 0.844. The zero-order valence-corrected chi connectivity index (χ0v) is 17.4. The van der Waals surface area contributed by atoms with Gasteiger partial charge in [0.1, 0.15) is 22.6 Å². The summed E-state index contributed by atoms with van der Waals surface area (Å²) in [5.74, 6) is 0.282. The van der Waals surface area contributed by atoms with Crippen LogP contribution in [0.3, 0.4) is 0 Å². The number of phenolic OH excluding ortho intramolecular Hbond substituents is 1. The van der Waals surface area contributed by atoms with Crippen LogP contribution in [-0.2, 0) is 6.54 Å². The summed E-state index contributed by atoms with van der Waals surface area (Å²) in [6.45, 7) is 2.10. The van der Waals surface area contributed by atoms with Gasteiger partial charge in [-0.1, -0.05) is 36.4 Å². The zero-order chi connectivity index (χ0) is 22.5. The Balaban J connectivity index is 1.47. The molecule has 0 bridgehead atoms. The molecule has 9 heteroatoms. The molecular weight excluding hydrogens is 406 g/mol. The molecule has 32 heavy (non-hydrogen) atoms. The number of phenols is 1. The van der Waals surface area contributed by atoms with Crippen molar-refractivity contribution in [3.05, 3.63) is 70.5 Å². The molecule has 2 aromatic carbocycles. The predicted molar refractivity (Wildman–Crippen MR) is 126 cm³/mol. The van der Waals surface area contributed by atoms with Gasteiger partial charge in [-0.3, -0.25) is 9.79 Å². The van der Waals surface area contributed by atoms with E-state index in [2.05, 4.69) is 25.3 Å². The summed E-state index contributed by atoms with van der Waals surface area (Å²) < 4.78 is 0. The number of aromatic amines is 2. The second kappa shape index (κ2) is 9.36. The van der Waals surface area contributed by atoms with Crippen molar-refractivity contribution in [3.8, 4) is 28.3 Å². The lowest BCUT2D eigenvalue weighted by molar-refractivity contribution is 0.475. The minimum Gasteiger partial charge on any atom is -0.508 e. The summed E-state index contributed by atoms with van der Waals surface area (Å²) in [4.78, 5) is 27.1. The van der Waals surface area contributed by atoms with Gasteiger partial charge in [0.2, 0.25) is 0 Å². The molecule has 0 amide bonds. The first-order chi connectivity index (χ1) is 15.5. The monoisotopic (exact) mass is 431 g/mol. The number of nitrogens with one attached hydrogen (secondary N) is 3. The van der Waals surface area contributed by atoms with E-state index in [-0.39, 0.29) is 17.3 Å². The van der Waals surface area contributed by atoms with Crippen molar-refractivity contribution in [1.29, 1.82) is 0 Å². The average Bonchev–Trinajstić information content (AvgIpc) is 3.19. The summed E-state index contributed by atoms with van der Waals surface area (Å²) >= 11 is 0. The van der Waals surface area contributed by atoms with Crippen molar-refractivity contribution in [2.24, 2.45) is 16.5 Å². The fourth-order valence-electron chi connectivity index (χ4n) is 3.42. The highest BCUT2D eigenvalue weighted by Crippen LogP contribution is 2.25. The number of benzene rings is 2.